The van der Waals surface area contributed by atoms with Crippen LogP contribution < -0.4 is 5.32 Å². The van der Waals surface area contributed by atoms with Gasteiger partial charge in [-0.05, 0) is 38.1 Å². The smallest absolute Gasteiger partial charge is 0.115 e. The largest absolute Gasteiger partial charge is 0.508 e. The number of rotatable bonds is 3. The van der Waals surface area contributed by atoms with E-state index in [4.69, 9.17) is 0 Å². The number of hydrogen-bond donors (Lipinski definition) is 2. The summed E-state index contributed by atoms with van der Waals surface area (Å²) < 4.78 is 0. The second-order valence-corrected chi connectivity index (χ2v) is 3.06. The Kier molecular flexibility index (Phi) is 5.51. The fraction of sp³-hybridized carbons (Fsp3) is 0.400. The summed E-state index contributed by atoms with van der Waals surface area (Å²) in [6.45, 7) is 2.12. The Balaban J connectivity index is 0.00000144. The number of halogens is 1. The van der Waals surface area contributed by atoms with Crippen molar-refractivity contribution in [3.8, 4) is 5.75 Å². The van der Waals surface area contributed by atoms with E-state index in [0.717, 1.165) is 12.0 Å². The average Bonchev–Trinajstić information content (AvgIpc) is 2.04. The fourth-order valence-corrected chi connectivity index (χ4v) is 1.14. The van der Waals surface area contributed by atoms with Crippen molar-refractivity contribution in [2.45, 2.75) is 19.4 Å². The molecule has 1 atom stereocenters. The predicted molar refractivity (Wildman–Crippen MR) is 57.6 cm³/mol. The van der Waals surface area contributed by atoms with E-state index in [1.807, 2.05) is 19.2 Å². The maximum absolute atomic E-state index is 9.18. The van der Waals surface area contributed by atoms with E-state index >= 15 is 0 Å². The van der Waals surface area contributed by atoms with E-state index in [-0.39, 0.29) is 12.4 Å². The van der Waals surface area contributed by atoms with Gasteiger partial charge in [-0.3, -0.25) is 0 Å². The van der Waals surface area contributed by atoms with Crippen LogP contribution in [0.4, 0.5) is 0 Å². The first-order valence-corrected chi connectivity index (χ1v) is 4.17. The Morgan fingerprint density at radius 1 is 1.46 bits per heavy atom. The van der Waals surface area contributed by atoms with Crippen molar-refractivity contribution in [1.29, 1.82) is 0 Å². The predicted octanol–water partition coefficient (Wildman–Crippen LogP) is 1.96. The van der Waals surface area contributed by atoms with E-state index in [9.17, 15) is 5.11 Å². The first-order valence-electron chi connectivity index (χ1n) is 4.17. The van der Waals surface area contributed by atoms with Gasteiger partial charge in [0, 0.05) is 6.04 Å². The highest BCUT2D eigenvalue weighted by Gasteiger charge is 2.00. The number of hydrogen-bond acceptors (Lipinski definition) is 2. The maximum Gasteiger partial charge on any atom is 0.115 e. The van der Waals surface area contributed by atoms with Crippen molar-refractivity contribution >= 4 is 12.4 Å². The highest BCUT2D eigenvalue weighted by atomic mass is 35.5. The van der Waals surface area contributed by atoms with Crippen LogP contribution in [0.25, 0.3) is 0 Å². The van der Waals surface area contributed by atoms with Crippen molar-refractivity contribution in [1.82, 2.24) is 5.32 Å². The summed E-state index contributed by atoms with van der Waals surface area (Å²) in [5.74, 6) is 0.343. The topological polar surface area (TPSA) is 32.3 Å². The zero-order valence-corrected chi connectivity index (χ0v) is 8.77. The first-order chi connectivity index (χ1) is 5.72. The van der Waals surface area contributed by atoms with Gasteiger partial charge in [-0.25, -0.2) is 0 Å². The maximum atomic E-state index is 9.18. The summed E-state index contributed by atoms with van der Waals surface area (Å²) in [7, 11) is 1.94. The van der Waals surface area contributed by atoms with E-state index in [1.54, 1.807) is 12.1 Å². The van der Waals surface area contributed by atoms with E-state index in [2.05, 4.69) is 12.2 Å². The number of phenols is 1. The van der Waals surface area contributed by atoms with Crippen LogP contribution in [0.2, 0.25) is 0 Å². The van der Waals surface area contributed by atoms with Crippen LogP contribution in [0.15, 0.2) is 24.3 Å². The van der Waals surface area contributed by atoms with Crippen molar-refractivity contribution in [2.24, 2.45) is 0 Å². The highest BCUT2D eigenvalue weighted by Crippen LogP contribution is 2.12. The summed E-state index contributed by atoms with van der Waals surface area (Å²) in [6, 6.07) is 7.83. The Labute approximate surface area is 85.4 Å². The van der Waals surface area contributed by atoms with E-state index < -0.39 is 0 Å². The number of phenolic OH excluding ortho intramolecular Hbond substituents is 1. The molecule has 0 spiro atoms. The minimum Gasteiger partial charge on any atom is -0.508 e. The van der Waals surface area contributed by atoms with Crippen LogP contribution in [0, 0.1) is 0 Å². The van der Waals surface area contributed by atoms with Crippen LogP contribution >= 0.6 is 12.4 Å². The van der Waals surface area contributed by atoms with Crippen molar-refractivity contribution in [2.75, 3.05) is 7.05 Å². The van der Waals surface area contributed by atoms with Gasteiger partial charge < -0.3 is 10.4 Å². The molecule has 0 bridgehead atoms. The lowest BCUT2D eigenvalue weighted by atomic mass is 10.1. The van der Waals surface area contributed by atoms with Gasteiger partial charge in [0.05, 0.1) is 0 Å². The normalized spacial score (nSPS) is 11.8. The van der Waals surface area contributed by atoms with Crippen LogP contribution in [0.3, 0.4) is 0 Å². The van der Waals surface area contributed by atoms with Gasteiger partial charge in [-0.1, -0.05) is 12.1 Å². The Morgan fingerprint density at radius 3 is 2.69 bits per heavy atom. The van der Waals surface area contributed by atoms with Gasteiger partial charge in [0.25, 0.3) is 0 Å². The van der Waals surface area contributed by atoms with Gasteiger partial charge in [0.1, 0.15) is 5.75 Å². The molecular weight excluding hydrogens is 186 g/mol. The lowest BCUT2D eigenvalue weighted by molar-refractivity contribution is 0.474. The standard InChI is InChI=1S/C10H15NO.ClH/c1-8(11-2)6-9-4-3-5-10(12)7-9;/h3-5,7-8,11-12H,6H2,1-2H3;1H/t8-;/m0./s1. The second kappa shape index (κ2) is 5.84. The van der Waals surface area contributed by atoms with Crippen LogP contribution in [0.1, 0.15) is 12.5 Å². The van der Waals surface area contributed by atoms with Gasteiger partial charge in [-0.15, -0.1) is 12.4 Å². The molecule has 0 radical (unpaired) electrons. The molecule has 13 heavy (non-hydrogen) atoms. The Hall–Kier alpha value is -0.730. The summed E-state index contributed by atoms with van der Waals surface area (Å²) in [6.07, 6.45) is 0.949. The molecule has 2 N–H and O–H groups in total. The molecule has 0 saturated carbocycles. The van der Waals surface area contributed by atoms with Crippen molar-refractivity contribution < 1.29 is 5.11 Å². The number of benzene rings is 1. The molecule has 1 aromatic carbocycles. The average molecular weight is 202 g/mol. The quantitative estimate of drug-likeness (QED) is 0.784. The second-order valence-electron chi connectivity index (χ2n) is 3.06. The molecule has 74 valence electrons. The lowest BCUT2D eigenvalue weighted by Crippen LogP contribution is -2.23. The van der Waals surface area contributed by atoms with Crippen molar-refractivity contribution in [3.63, 3.8) is 0 Å². The zero-order valence-electron chi connectivity index (χ0n) is 7.95. The molecule has 0 aliphatic heterocycles. The van der Waals surface area contributed by atoms with Gasteiger partial charge in [0.2, 0.25) is 0 Å². The van der Waals surface area contributed by atoms with E-state index in [0.29, 0.717) is 11.8 Å². The van der Waals surface area contributed by atoms with Crippen LogP contribution in [-0.4, -0.2) is 18.2 Å². The van der Waals surface area contributed by atoms with Crippen LogP contribution in [-0.2, 0) is 6.42 Å². The summed E-state index contributed by atoms with van der Waals surface area (Å²) in [5.41, 5.74) is 1.16. The molecule has 0 aromatic heterocycles. The highest BCUT2D eigenvalue weighted by molar-refractivity contribution is 5.85. The van der Waals surface area contributed by atoms with E-state index in [1.165, 1.54) is 0 Å². The zero-order chi connectivity index (χ0) is 8.97. The Morgan fingerprint density at radius 2 is 2.15 bits per heavy atom. The van der Waals surface area contributed by atoms with Gasteiger partial charge in [-0.2, -0.15) is 0 Å². The molecule has 0 heterocycles. The first kappa shape index (κ1) is 12.3. The van der Waals surface area contributed by atoms with Crippen molar-refractivity contribution in [3.05, 3.63) is 29.8 Å². The summed E-state index contributed by atoms with van der Waals surface area (Å²) >= 11 is 0. The molecule has 1 aromatic rings. The van der Waals surface area contributed by atoms with Gasteiger partial charge in [0.15, 0.2) is 0 Å². The third-order valence-electron chi connectivity index (χ3n) is 1.95. The number of nitrogens with one attached hydrogen (secondary N) is 1. The molecule has 0 unspecified atom stereocenters. The Bertz CT molecular complexity index is 252. The molecule has 0 saturated heterocycles. The third kappa shape index (κ3) is 4.15. The number of likely N-dealkylation sites (N-methyl/N-ethyl adjacent to an activating group) is 1. The molecule has 0 aliphatic rings. The monoisotopic (exact) mass is 201 g/mol. The molecule has 3 heteroatoms. The van der Waals surface area contributed by atoms with Gasteiger partial charge >= 0.3 is 0 Å². The molecule has 0 amide bonds. The lowest BCUT2D eigenvalue weighted by Gasteiger charge is -2.09. The molecule has 2 nitrogen and oxygen atoms in total. The molecule has 0 fully saturated rings. The minimum atomic E-state index is 0. The molecule has 1 rings (SSSR count). The summed E-state index contributed by atoms with van der Waals surface area (Å²) in [5, 5.41) is 12.3. The summed E-state index contributed by atoms with van der Waals surface area (Å²) in [4.78, 5) is 0. The third-order valence-corrected chi connectivity index (χ3v) is 1.95. The number of aromatic hydroxyl groups is 1. The molecule has 0 aliphatic carbocycles. The molecular formula is C10H16ClNO. The minimum absolute atomic E-state index is 0. The van der Waals surface area contributed by atoms with Crippen LogP contribution in [0.5, 0.6) is 5.75 Å². The fourth-order valence-electron chi connectivity index (χ4n) is 1.14. The SMILES string of the molecule is CN[C@@H](C)Cc1cccc(O)c1.Cl.